The largest absolute Gasteiger partial charge is 0.380 e. The Labute approximate surface area is 64.7 Å². The van der Waals surface area contributed by atoms with E-state index >= 15 is 0 Å². The van der Waals surface area contributed by atoms with Crippen LogP contribution in [0.4, 0.5) is 8.78 Å². The number of allylic oxidation sites excluding steroid dienone is 1. The van der Waals surface area contributed by atoms with Crippen LogP contribution < -0.4 is 0 Å². The molecule has 0 fully saturated rings. The Morgan fingerprint density at radius 3 is 2.64 bits per heavy atom. The highest BCUT2D eigenvalue weighted by Gasteiger charge is 2.36. The molecule has 0 bridgehead atoms. The minimum atomic E-state index is -2.66. The van der Waals surface area contributed by atoms with E-state index < -0.39 is 12.0 Å². The van der Waals surface area contributed by atoms with Gasteiger partial charge in [-0.05, 0) is 18.8 Å². The van der Waals surface area contributed by atoms with Crippen molar-refractivity contribution in [2.75, 3.05) is 0 Å². The van der Waals surface area contributed by atoms with Crippen molar-refractivity contribution in [2.45, 2.75) is 31.8 Å². The molecule has 2 atom stereocenters. The Hall–Kier alpha value is -0.440. The summed E-state index contributed by atoms with van der Waals surface area (Å²) in [6, 6.07) is 0. The van der Waals surface area contributed by atoms with E-state index in [4.69, 9.17) is 0 Å². The average molecular weight is 162 g/mol. The van der Waals surface area contributed by atoms with Gasteiger partial charge in [0.2, 0.25) is 0 Å². The van der Waals surface area contributed by atoms with Crippen LogP contribution in [0.3, 0.4) is 0 Å². The Bertz CT molecular complexity index is 167. The summed E-state index contributed by atoms with van der Waals surface area (Å²) in [6.07, 6.45) is 1.02. The molecular formula is C8H12F2O. The summed E-state index contributed by atoms with van der Waals surface area (Å²) in [5, 5.41) is 9.23. The zero-order valence-corrected chi connectivity index (χ0v) is 6.43. The van der Waals surface area contributed by atoms with Gasteiger partial charge in [-0.2, -0.15) is 0 Å². The maximum absolute atomic E-state index is 12.1. The van der Waals surface area contributed by atoms with Crippen molar-refractivity contribution < 1.29 is 13.9 Å². The first-order valence-electron chi connectivity index (χ1n) is 3.74. The predicted octanol–water partition coefficient (Wildman–Crippen LogP) is 1.97. The van der Waals surface area contributed by atoms with Crippen LogP contribution in [0.1, 0.15) is 19.8 Å². The fourth-order valence-corrected chi connectivity index (χ4v) is 1.15. The lowest BCUT2D eigenvalue weighted by Crippen LogP contribution is -2.37. The van der Waals surface area contributed by atoms with E-state index in [1.54, 1.807) is 6.08 Å². The normalized spacial score (nSPS) is 38.1. The van der Waals surface area contributed by atoms with Gasteiger partial charge in [0.1, 0.15) is 5.60 Å². The van der Waals surface area contributed by atoms with Gasteiger partial charge in [-0.1, -0.05) is 19.1 Å². The molecule has 1 aliphatic rings. The number of hydrogen-bond acceptors (Lipinski definition) is 1. The molecule has 0 aromatic rings. The molecule has 64 valence electrons. The minimum absolute atomic E-state index is 0.169. The monoisotopic (exact) mass is 162 g/mol. The maximum atomic E-state index is 12.1. The summed E-state index contributed by atoms with van der Waals surface area (Å²) < 4.78 is 24.3. The van der Waals surface area contributed by atoms with Crippen molar-refractivity contribution in [3.8, 4) is 0 Å². The SMILES string of the molecule is CC1C=CC(O)(C(F)F)CC1. The second-order valence-electron chi connectivity index (χ2n) is 3.17. The highest BCUT2D eigenvalue weighted by molar-refractivity contribution is 5.08. The summed E-state index contributed by atoms with van der Waals surface area (Å²) in [5.74, 6) is 0.314. The van der Waals surface area contributed by atoms with Crippen LogP contribution in [0.2, 0.25) is 0 Å². The van der Waals surface area contributed by atoms with Crippen LogP contribution in [-0.4, -0.2) is 17.1 Å². The van der Waals surface area contributed by atoms with Gasteiger partial charge >= 0.3 is 0 Å². The minimum Gasteiger partial charge on any atom is -0.380 e. The number of hydrogen-bond donors (Lipinski definition) is 1. The molecule has 11 heavy (non-hydrogen) atoms. The molecule has 0 saturated carbocycles. The third-order valence-electron chi connectivity index (χ3n) is 2.09. The Morgan fingerprint density at radius 2 is 2.27 bits per heavy atom. The van der Waals surface area contributed by atoms with Crippen LogP contribution in [-0.2, 0) is 0 Å². The molecule has 1 N–H and O–H groups in total. The van der Waals surface area contributed by atoms with Crippen molar-refractivity contribution in [3.63, 3.8) is 0 Å². The molecule has 3 heteroatoms. The Balaban J connectivity index is 2.68. The second kappa shape index (κ2) is 2.89. The van der Waals surface area contributed by atoms with Gasteiger partial charge in [0.05, 0.1) is 0 Å². The van der Waals surface area contributed by atoms with E-state index in [1.165, 1.54) is 6.08 Å². The number of halogens is 2. The molecule has 0 aromatic carbocycles. The lowest BCUT2D eigenvalue weighted by Gasteiger charge is -2.28. The lowest BCUT2D eigenvalue weighted by atomic mass is 9.86. The van der Waals surface area contributed by atoms with Gasteiger partial charge < -0.3 is 5.11 Å². The Morgan fingerprint density at radius 1 is 1.64 bits per heavy atom. The fourth-order valence-electron chi connectivity index (χ4n) is 1.15. The summed E-state index contributed by atoms with van der Waals surface area (Å²) in [5.41, 5.74) is -1.85. The van der Waals surface area contributed by atoms with Crippen LogP contribution >= 0.6 is 0 Å². The average Bonchev–Trinajstić information content (AvgIpc) is 1.95. The highest BCUT2D eigenvalue weighted by Crippen LogP contribution is 2.30. The van der Waals surface area contributed by atoms with Crippen LogP contribution in [0.5, 0.6) is 0 Å². The van der Waals surface area contributed by atoms with Crippen molar-refractivity contribution >= 4 is 0 Å². The first-order chi connectivity index (χ1) is 5.04. The van der Waals surface area contributed by atoms with Crippen molar-refractivity contribution in [1.29, 1.82) is 0 Å². The van der Waals surface area contributed by atoms with Crippen LogP contribution in [0.15, 0.2) is 12.2 Å². The van der Waals surface area contributed by atoms with Gasteiger partial charge in [-0.15, -0.1) is 0 Å². The smallest absolute Gasteiger partial charge is 0.270 e. The molecule has 2 unspecified atom stereocenters. The van der Waals surface area contributed by atoms with Crippen LogP contribution in [0.25, 0.3) is 0 Å². The quantitative estimate of drug-likeness (QED) is 0.584. The molecule has 0 amide bonds. The zero-order valence-electron chi connectivity index (χ0n) is 6.43. The summed E-state index contributed by atoms with van der Waals surface area (Å²) in [4.78, 5) is 0. The number of rotatable bonds is 1. The topological polar surface area (TPSA) is 20.2 Å². The van der Waals surface area contributed by atoms with Gasteiger partial charge in [0.25, 0.3) is 6.43 Å². The number of alkyl halides is 2. The summed E-state index contributed by atoms with van der Waals surface area (Å²) >= 11 is 0. The van der Waals surface area contributed by atoms with Gasteiger partial charge in [0.15, 0.2) is 0 Å². The zero-order chi connectivity index (χ0) is 8.48. The summed E-state index contributed by atoms with van der Waals surface area (Å²) in [6.45, 7) is 1.95. The Kier molecular flexibility index (Phi) is 2.28. The lowest BCUT2D eigenvalue weighted by molar-refractivity contribution is -0.0719. The van der Waals surface area contributed by atoms with Gasteiger partial charge in [-0.3, -0.25) is 0 Å². The molecule has 0 radical (unpaired) electrons. The predicted molar refractivity (Wildman–Crippen MR) is 38.5 cm³/mol. The van der Waals surface area contributed by atoms with E-state index in [1.807, 2.05) is 6.92 Å². The van der Waals surface area contributed by atoms with Crippen molar-refractivity contribution in [2.24, 2.45) is 5.92 Å². The van der Waals surface area contributed by atoms with E-state index in [-0.39, 0.29) is 6.42 Å². The second-order valence-corrected chi connectivity index (χ2v) is 3.17. The molecule has 1 nitrogen and oxygen atoms in total. The van der Waals surface area contributed by atoms with Crippen molar-refractivity contribution in [1.82, 2.24) is 0 Å². The highest BCUT2D eigenvalue weighted by atomic mass is 19.3. The molecule has 0 spiro atoms. The van der Waals surface area contributed by atoms with E-state index in [0.29, 0.717) is 12.3 Å². The number of aliphatic hydroxyl groups is 1. The molecule has 0 heterocycles. The fraction of sp³-hybridized carbons (Fsp3) is 0.750. The third-order valence-corrected chi connectivity index (χ3v) is 2.09. The molecule has 0 aliphatic heterocycles. The molecule has 0 aromatic heterocycles. The van der Waals surface area contributed by atoms with Gasteiger partial charge in [0, 0.05) is 0 Å². The van der Waals surface area contributed by atoms with E-state index in [0.717, 1.165) is 0 Å². The molecular weight excluding hydrogens is 150 g/mol. The van der Waals surface area contributed by atoms with Crippen molar-refractivity contribution in [3.05, 3.63) is 12.2 Å². The van der Waals surface area contributed by atoms with E-state index in [9.17, 15) is 13.9 Å². The first kappa shape index (κ1) is 8.65. The standard InChI is InChI=1S/C8H12F2O/c1-6-2-4-8(11,5-3-6)7(9)10/h2,4,6-7,11H,3,5H2,1H3. The maximum Gasteiger partial charge on any atom is 0.270 e. The first-order valence-corrected chi connectivity index (χ1v) is 3.74. The van der Waals surface area contributed by atoms with Crippen LogP contribution in [0, 0.1) is 5.92 Å². The van der Waals surface area contributed by atoms with Gasteiger partial charge in [-0.25, -0.2) is 8.78 Å². The molecule has 0 saturated heterocycles. The van der Waals surface area contributed by atoms with E-state index in [2.05, 4.69) is 0 Å². The molecule has 1 aliphatic carbocycles. The molecule has 1 rings (SSSR count). The summed E-state index contributed by atoms with van der Waals surface area (Å²) in [7, 11) is 0. The third kappa shape index (κ3) is 1.77.